The molecule has 0 radical (unpaired) electrons. The first kappa shape index (κ1) is 25.7. The van der Waals surface area contributed by atoms with Crippen LogP contribution in [0.4, 0.5) is 10.5 Å². The van der Waals surface area contributed by atoms with E-state index in [4.69, 9.17) is 14.2 Å². The molecule has 2 aromatic carbocycles. The standard InChI is InChI=1S/C26H28N4O7/c1-2-3-4-7-12-30-24(32)19-9-6-5-8-18(19)23(29-30)25(33)37-16-22(31)28-26(34)27-17-10-11-20-21(15-17)36-14-13-35-20/h5-6,8-11,15H,2-4,7,12-14,16H2,1H3,(H2,27,28,31,34). The SMILES string of the molecule is CCCCCCn1nc(C(=O)OCC(=O)NC(=O)Nc2ccc3c(c2)OCCO3)c2ccccc2c1=O. The lowest BCUT2D eigenvalue weighted by Gasteiger charge is -2.19. The predicted octanol–water partition coefficient (Wildman–Crippen LogP) is 3.25. The maximum Gasteiger partial charge on any atom is 0.359 e. The number of anilines is 1. The number of aryl methyl sites for hydroxylation is 1. The summed E-state index contributed by atoms with van der Waals surface area (Å²) in [6.07, 6.45) is 3.77. The lowest BCUT2D eigenvalue weighted by atomic mass is 10.1. The third kappa shape index (κ3) is 6.43. The van der Waals surface area contributed by atoms with E-state index in [1.165, 1.54) is 4.68 Å². The summed E-state index contributed by atoms with van der Waals surface area (Å²) < 4.78 is 17.3. The minimum Gasteiger partial charge on any atom is -0.486 e. The number of hydrogen-bond acceptors (Lipinski definition) is 8. The Morgan fingerprint density at radius 1 is 1.00 bits per heavy atom. The molecule has 4 rings (SSSR count). The molecular formula is C26H28N4O7. The highest BCUT2D eigenvalue weighted by atomic mass is 16.6. The summed E-state index contributed by atoms with van der Waals surface area (Å²) in [6.45, 7) is 2.59. The molecule has 11 heteroatoms. The molecule has 0 unspecified atom stereocenters. The molecule has 1 aliphatic rings. The van der Waals surface area contributed by atoms with E-state index in [-0.39, 0.29) is 11.3 Å². The van der Waals surface area contributed by atoms with Gasteiger partial charge in [-0.3, -0.25) is 14.9 Å². The van der Waals surface area contributed by atoms with Crippen molar-refractivity contribution in [3.05, 3.63) is 58.5 Å². The van der Waals surface area contributed by atoms with Crippen molar-refractivity contribution < 1.29 is 28.6 Å². The van der Waals surface area contributed by atoms with Gasteiger partial charge in [0.2, 0.25) is 0 Å². The van der Waals surface area contributed by atoms with E-state index in [9.17, 15) is 19.2 Å². The van der Waals surface area contributed by atoms with Crippen LogP contribution in [0.25, 0.3) is 10.8 Å². The van der Waals surface area contributed by atoms with Crippen molar-refractivity contribution in [2.24, 2.45) is 0 Å². The highest BCUT2D eigenvalue weighted by Gasteiger charge is 2.20. The van der Waals surface area contributed by atoms with Crippen molar-refractivity contribution >= 4 is 34.4 Å². The second-order valence-corrected chi connectivity index (χ2v) is 8.42. The number of carbonyl (C=O) groups is 3. The van der Waals surface area contributed by atoms with E-state index in [0.717, 1.165) is 25.7 Å². The van der Waals surface area contributed by atoms with Gasteiger partial charge in [-0.1, -0.05) is 44.4 Å². The molecule has 3 amide bonds. The quantitative estimate of drug-likeness (QED) is 0.332. The summed E-state index contributed by atoms with van der Waals surface area (Å²) in [5.74, 6) is -0.661. The molecule has 2 N–H and O–H groups in total. The fourth-order valence-electron chi connectivity index (χ4n) is 3.87. The number of hydrogen-bond donors (Lipinski definition) is 2. The number of benzene rings is 2. The minimum absolute atomic E-state index is 0.0702. The van der Waals surface area contributed by atoms with Gasteiger partial charge in [0.05, 0.1) is 5.39 Å². The molecule has 1 aliphatic heterocycles. The third-order valence-corrected chi connectivity index (χ3v) is 5.67. The van der Waals surface area contributed by atoms with E-state index < -0.39 is 24.5 Å². The fourth-order valence-corrected chi connectivity index (χ4v) is 3.87. The Bertz CT molecular complexity index is 1370. The monoisotopic (exact) mass is 508 g/mol. The molecule has 0 spiro atoms. The van der Waals surface area contributed by atoms with Crippen molar-refractivity contribution in [3.8, 4) is 11.5 Å². The van der Waals surface area contributed by atoms with Crippen LogP contribution in [-0.2, 0) is 16.1 Å². The highest BCUT2D eigenvalue weighted by molar-refractivity contribution is 6.04. The molecule has 0 bridgehead atoms. The van der Waals surface area contributed by atoms with Crippen molar-refractivity contribution in [1.29, 1.82) is 0 Å². The molecule has 2 heterocycles. The van der Waals surface area contributed by atoms with Gasteiger partial charge < -0.3 is 19.5 Å². The summed E-state index contributed by atoms with van der Waals surface area (Å²) in [5, 5.41) is 9.50. The number of ether oxygens (including phenoxy) is 3. The number of aromatic nitrogens is 2. The number of esters is 1. The molecule has 3 aromatic rings. The number of carbonyl (C=O) groups excluding carboxylic acids is 3. The van der Waals surface area contributed by atoms with Gasteiger partial charge in [0.25, 0.3) is 11.5 Å². The molecule has 0 saturated carbocycles. The smallest absolute Gasteiger partial charge is 0.359 e. The van der Waals surface area contributed by atoms with Gasteiger partial charge in [0.1, 0.15) is 13.2 Å². The first-order valence-corrected chi connectivity index (χ1v) is 12.1. The van der Waals surface area contributed by atoms with Crippen LogP contribution in [0.15, 0.2) is 47.3 Å². The Balaban J connectivity index is 1.37. The molecule has 0 aliphatic carbocycles. The van der Waals surface area contributed by atoms with Gasteiger partial charge in [-0.2, -0.15) is 5.10 Å². The normalized spacial score (nSPS) is 12.1. The van der Waals surface area contributed by atoms with Gasteiger partial charge in [0, 0.05) is 23.7 Å². The highest BCUT2D eigenvalue weighted by Crippen LogP contribution is 2.32. The second kappa shape index (κ2) is 12.0. The Labute approximate surface area is 212 Å². The van der Waals surface area contributed by atoms with Crippen LogP contribution in [0.1, 0.15) is 43.1 Å². The van der Waals surface area contributed by atoms with Crippen LogP contribution in [0.3, 0.4) is 0 Å². The Morgan fingerprint density at radius 2 is 1.76 bits per heavy atom. The van der Waals surface area contributed by atoms with Crippen molar-refractivity contribution in [3.63, 3.8) is 0 Å². The van der Waals surface area contributed by atoms with Crippen LogP contribution >= 0.6 is 0 Å². The van der Waals surface area contributed by atoms with Gasteiger partial charge in [0.15, 0.2) is 23.8 Å². The third-order valence-electron chi connectivity index (χ3n) is 5.67. The molecule has 0 atom stereocenters. The second-order valence-electron chi connectivity index (χ2n) is 8.42. The zero-order valence-electron chi connectivity index (χ0n) is 20.5. The Kier molecular flexibility index (Phi) is 8.34. The molecule has 11 nitrogen and oxygen atoms in total. The fraction of sp³-hybridized carbons (Fsp3) is 0.346. The van der Waals surface area contributed by atoms with Gasteiger partial charge in [-0.05, 0) is 24.6 Å². The van der Waals surface area contributed by atoms with E-state index in [0.29, 0.717) is 47.7 Å². The topological polar surface area (TPSA) is 138 Å². The average molecular weight is 509 g/mol. The van der Waals surface area contributed by atoms with E-state index in [1.54, 1.807) is 42.5 Å². The lowest BCUT2D eigenvalue weighted by molar-refractivity contribution is -0.123. The zero-order chi connectivity index (χ0) is 26.2. The van der Waals surface area contributed by atoms with Crippen molar-refractivity contribution in [2.75, 3.05) is 25.1 Å². The van der Waals surface area contributed by atoms with Gasteiger partial charge >= 0.3 is 12.0 Å². The maximum atomic E-state index is 12.8. The minimum atomic E-state index is -0.874. The number of imide groups is 1. The largest absolute Gasteiger partial charge is 0.486 e. The number of unbranched alkanes of at least 4 members (excludes halogenated alkanes) is 3. The number of rotatable bonds is 9. The molecule has 194 valence electrons. The van der Waals surface area contributed by atoms with Gasteiger partial charge in [-0.15, -0.1) is 0 Å². The predicted molar refractivity (Wildman–Crippen MR) is 135 cm³/mol. The van der Waals surface area contributed by atoms with Crippen LogP contribution < -0.4 is 25.7 Å². The summed E-state index contributed by atoms with van der Waals surface area (Å²) in [6, 6.07) is 10.6. The molecule has 0 saturated heterocycles. The van der Waals surface area contributed by atoms with Crippen LogP contribution in [0.2, 0.25) is 0 Å². The average Bonchev–Trinajstić information content (AvgIpc) is 2.90. The Hall–Kier alpha value is -4.41. The maximum absolute atomic E-state index is 12.8. The van der Waals surface area contributed by atoms with E-state index in [1.807, 2.05) is 0 Å². The van der Waals surface area contributed by atoms with Crippen LogP contribution in [-0.4, -0.2) is 47.5 Å². The van der Waals surface area contributed by atoms with Crippen LogP contribution in [0.5, 0.6) is 11.5 Å². The number of nitrogens with zero attached hydrogens (tertiary/aromatic N) is 2. The zero-order valence-corrected chi connectivity index (χ0v) is 20.5. The molecule has 37 heavy (non-hydrogen) atoms. The van der Waals surface area contributed by atoms with Crippen molar-refractivity contribution in [1.82, 2.24) is 15.1 Å². The Morgan fingerprint density at radius 3 is 2.54 bits per heavy atom. The lowest BCUT2D eigenvalue weighted by Crippen LogP contribution is -2.37. The number of urea groups is 1. The van der Waals surface area contributed by atoms with E-state index in [2.05, 4.69) is 22.7 Å². The molecule has 1 aromatic heterocycles. The first-order chi connectivity index (χ1) is 18.0. The summed E-state index contributed by atoms with van der Waals surface area (Å²) >= 11 is 0. The van der Waals surface area contributed by atoms with Crippen molar-refractivity contribution in [2.45, 2.75) is 39.2 Å². The molecular weight excluding hydrogens is 480 g/mol. The summed E-state index contributed by atoms with van der Waals surface area (Å²) in [7, 11) is 0. The summed E-state index contributed by atoms with van der Waals surface area (Å²) in [5.41, 5.74) is 0.0276. The molecule has 0 fully saturated rings. The first-order valence-electron chi connectivity index (χ1n) is 12.1. The van der Waals surface area contributed by atoms with Crippen LogP contribution in [0, 0.1) is 0 Å². The number of amides is 3. The van der Waals surface area contributed by atoms with E-state index >= 15 is 0 Å². The van der Waals surface area contributed by atoms with Gasteiger partial charge in [-0.25, -0.2) is 14.3 Å². The number of nitrogens with one attached hydrogen (secondary N) is 2. The number of fused-ring (bicyclic) bond motifs is 2. The summed E-state index contributed by atoms with van der Waals surface area (Å²) in [4.78, 5) is 50.1.